The summed E-state index contributed by atoms with van der Waals surface area (Å²) in [6.07, 6.45) is 5.26. The number of fused-ring (bicyclic) bond motifs is 1. The van der Waals surface area contributed by atoms with Crippen LogP contribution in [0.5, 0.6) is 0 Å². The molecule has 3 rings (SSSR count). The Hall–Kier alpha value is -2.70. The molecule has 2 aromatic rings. The topological polar surface area (TPSA) is 364 Å². The van der Waals surface area contributed by atoms with Crippen molar-refractivity contribution in [2.24, 2.45) is 5.41 Å². The number of nitrogens with one attached hydrogen (secondary N) is 2. The lowest BCUT2D eigenvalue weighted by atomic mass is 9.87. The molecule has 2 aromatic heterocycles. The van der Waals surface area contributed by atoms with Gasteiger partial charge < -0.3 is 50.9 Å². The third-order valence-electron chi connectivity index (χ3n) is 8.91. The summed E-state index contributed by atoms with van der Waals surface area (Å²) in [6.45, 7) is 2.71. The molecule has 0 bridgehead atoms. The number of rotatable bonds is 28. The number of hydrogen-bond donors (Lipinski definition) is 9. The predicted octanol–water partition coefficient (Wildman–Crippen LogP) is 2.36. The number of imidazole rings is 1. The molecule has 61 heavy (non-hydrogen) atoms. The van der Waals surface area contributed by atoms with Gasteiger partial charge in [-0.05, 0) is 25.7 Å². The zero-order chi connectivity index (χ0) is 45.4. The van der Waals surface area contributed by atoms with E-state index < -0.39 is 84.6 Å². The maximum Gasteiger partial charge on any atom is 0.481 e. The van der Waals surface area contributed by atoms with Crippen molar-refractivity contribution in [3.8, 4) is 0 Å². The van der Waals surface area contributed by atoms with Gasteiger partial charge in [0.15, 0.2) is 22.8 Å². The van der Waals surface area contributed by atoms with E-state index in [2.05, 4.69) is 53.5 Å². The van der Waals surface area contributed by atoms with E-state index in [1.54, 1.807) is 0 Å². The van der Waals surface area contributed by atoms with Crippen LogP contribution in [0.2, 0.25) is 0 Å². The number of aliphatic hydroxyl groups is 2. The average Bonchev–Trinajstić information content (AvgIpc) is 3.73. The largest absolute Gasteiger partial charge is 0.481 e. The minimum absolute atomic E-state index is 0.0301. The highest BCUT2D eigenvalue weighted by atomic mass is 32.2. The molecule has 28 heteroatoms. The second kappa shape index (κ2) is 24.4. The second-order valence-corrected chi connectivity index (χ2v) is 19.9. The first-order valence-electron chi connectivity index (χ1n) is 19.3. The number of phosphoric acid groups is 3. The summed E-state index contributed by atoms with van der Waals surface area (Å²) in [4.78, 5) is 88.0. The molecule has 2 unspecified atom stereocenters. The number of nitrogens with two attached hydrogens (primary N) is 1. The van der Waals surface area contributed by atoms with Crippen molar-refractivity contribution in [1.82, 2.24) is 30.2 Å². The Bertz CT molecular complexity index is 1940. The maximum atomic E-state index is 12.7. The van der Waals surface area contributed by atoms with Crippen LogP contribution < -0.4 is 16.4 Å². The van der Waals surface area contributed by atoms with Crippen LogP contribution in [-0.4, -0.2) is 123 Å². The molecular weight excluding hydrogens is 891 g/mol. The number of allylic oxidation sites excluding steroid dienone is 2. The molecule has 24 nitrogen and oxygen atoms in total. The van der Waals surface area contributed by atoms with Crippen LogP contribution >= 0.6 is 35.2 Å². The van der Waals surface area contributed by atoms with Crippen molar-refractivity contribution < 1.29 is 80.5 Å². The Balaban J connectivity index is 1.39. The third kappa shape index (κ3) is 18.1. The van der Waals surface area contributed by atoms with Gasteiger partial charge in [0.1, 0.15) is 36.3 Å². The molecular formula is C33H56N7O17P3S. The Labute approximate surface area is 356 Å². The standard InChI is InChI=1S/C33H56N7O17P3S/c1-4-5-6-7-8-9-10-11-12-13-24(42)61-17-16-35-23(41)14-15-36-31(45)28(44)33(2,3)19-54-60(51,52)57-59(49,50)53-18-22-27(56-58(46,47)48)26(43)32(55-22)40-21-39-25-29(34)37-20-38-30(25)40/h9-10,20-22,26-28,32,43-44H,4-8,11-19H2,1-3H3,(H,35,41)(H,36,45)(H,49,50)(H,51,52)(H2,34,37,38)(H2,46,47,48)/b10-9-/t22-,26-,27-,28+,32-/m1/s1. The van der Waals surface area contributed by atoms with Gasteiger partial charge in [0.05, 0.1) is 19.5 Å². The number of carbonyl (C=O) groups excluding carboxylic acids is 3. The molecule has 1 fully saturated rings. The van der Waals surface area contributed by atoms with E-state index in [0.717, 1.165) is 48.2 Å². The lowest BCUT2D eigenvalue weighted by molar-refractivity contribution is -0.137. The van der Waals surface area contributed by atoms with E-state index in [0.29, 0.717) is 12.2 Å². The molecule has 1 saturated heterocycles. The monoisotopic (exact) mass is 947 g/mol. The highest BCUT2D eigenvalue weighted by Gasteiger charge is 2.50. The molecule has 7 atom stereocenters. The number of thioether (sulfide) groups is 1. The summed E-state index contributed by atoms with van der Waals surface area (Å²) < 4.78 is 62.3. The number of unbranched alkanes of at least 4 members (excludes halogenated alkanes) is 5. The molecule has 0 radical (unpaired) electrons. The SMILES string of the molecule is CCCCCC/C=C\CCCC(=O)SCCNC(=O)CCNC(=O)[C@H](O)C(C)(C)COP(=O)(O)OP(=O)(O)OC[C@H]1O[C@@H](n2cnc3c(N)ncnc32)[C@H](O)[C@@H]1OP(=O)(O)O. The zero-order valence-electron chi connectivity index (χ0n) is 33.9. The molecule has 10 N–H and O–H groups in total. The van der Waals surface area contributed by atoms with E-state index in [-0.39, 0.29) is 41.6 Å². The second-order valence-electron chi connectivity index (χ2n) is 14.5. The fourth-order valence-corrected chi connectivity index (χ4v) is 9.21. The van der Waals surface area contributed by atoms with Crippen molar-refractivity contribution in [1.29, 1.82) is 0 Å². The molecule has 0 spiro atoms. The summed E-state index contributed by atoms with van der Waals surface area (Å²) in [5.74, 6) is -1.06. The van der Waals surface area contributed by atoms with E-state index in [4.69, 9.17) is 19.5 Å². The van der Waals surface area contributed by atoms with Gasteiger partial charge in [0.2, 0.25) is 11.8 Å². The molecule has 1 aliphatic rings. The molecule has 1 aliphatic heterocycles. The molecule has 0 aromatic carbocycles. The first kappa shape index (κ1) is 52.6. The Kier molecular flexibility index (Phi) is 21.0. The number of phosphoric ester groups is 3. The fourth-order valence-electron chi connectivity index (χ4n) is 5.66. The zero-order valence-corrected chi connectivity index (χ0v) is 37.4. The number of nitrogen functional groups attached to an aromatic ring is 1. The molecule has 0 saturated carbocycles. The van der Waals surface area contributed by atoms with Gasteiger partial charge in [-0.2, -0.15) is 4.31 Å². The summed E-state index contributed by atoms with van der Waals surface area (Å²) in [5, 5.41) is 26.5. The normalized spacial score (nSPS) is 21.0. The van der Waals surface area contributed by atoms with Crippen LogP contribution in [0, 0.1) is 5.41 Å². The highest BCUT2D eigenvalue weighted by molar-refractivity contribution is 8.13. The van der Waals surface area contributed by atoms with Crippen LogP contribution in [0.1, 0.15) is 84.8 Å². The van der Waals surface area contributed by atoms with Crippen LogP contribution in [0.4, 0.5) is 5.82 Å². The van der Waals surface area contributed by atoms with Crippen molar-refractivity contribution in [2.45, 2.75) is 109 Å². The smallest absolute Gasteiger partial charge is 0.386 e. The maximum absolute atomic E-state index is 12.7. The fraction of sp³-hybridized carbons (Fsp3) is 0.697. The molecule has 3 heterocycles. The van der Waals surface area contributed by atoms with E-state index in [9.17, 15) is 57.9 Å². The van der Waals surface area contributed by atoms with Gasteiger partial charge in [0, 0.05) is 37.1 Å². The van der Waals surface area contributed by atoms with Crippen LogP contribution in [0.15, 0.2) is 24.8 Å². The quantitative estimate of drug-likeness (QED) is 0.0336. The number of ether oxygens (including phenoxy) is 1. The van der Waals surface area contributed by atoms with Crippen molar-refractivity contribution in [3.05, 3.63) is 24.8 Å². The Morgan fingerprint density at radius 2 is 1.67 bits per heavy atom. The average molecular weight is 948 g/mol. The highest BCUT2D eigenvalue weighted by Crippen LogP contribution is 2.61. The predicted molar refractivity (Wildman–Crippen MR) is 219 cm³/mol. The van der Waals surface area contributed by atoms with Gasteiger partial charge in [-0.25, -0.2) is 28.6 Å². The minimum Gasteiger partial charge on any atom is -0.386 e. The summed E-state index contributed by atoms with van der Waals surface area (Å²) in [7, 11) is -16.4. The van der Waals surface area contributed by atoms with E-state index in [1.165, 1.54) is 39.5 Å². The van der Waals surface area contributed by atoms with Gasteiger partial charge in [0.25, 0.3) is 0 Å². The number of nitrogens with zero attached hydrogens (tertiary/aromatic N) is 4. The van der Waals surface area contributed by atoms with Gasteiger partial charge in [-0.1, -0.05) is 63.9 Å². The lowest BCUT2D eigenvalue weighted by Crippen LogP contribution is -2.46. The first-order chi connectivity index (χ1) is 28.6. The minimum atomic E-state index is -5.57. The van der Waals surface area contributed by atoms with Crippen molar-refractivity contribution >= 4 is 69.1 Å². The summed E-state index contributed by atoms with van der Waals surface area (Å²) in [5.41, 5.74) is 4.27. The van der Waals surface area contributed by atoms with E-state index in [1.807, 2.05) is 0 Å². The number of anilines is 1. The first-order valence-corrected chi connectivity index (χ1v) is 24.8. The van der Waals surface area contributed by atoms with Crippen LogP contribution in [-0.2, 0) is 50.7 Å². The number of hydrogen-bond acceptors (Lipinski definition) is 18. The Morgan fingerprint density at radius 1 is 0.984 bits per heavy atom. The van der Waals surface area contributed by atoms with Crippen molar-refractivity contribution in [2.75, 3.05) is 37.8 Å². The lowest BCUT2D eigenvalue weighted by Gasteiger charge is -2.30. The number of carbonyl (C=O) groups is 3. The Morgan fingerprint density at radius 3 is 2.36 bits per heavy atom. The van der Waals surface area contributed by atoms with Crippen molar-refractivity contribution in [3.63, 3.8) is 0 Å². The number of aromatic nitrogens is 4. The number of amides is 2. The van der Waals surface area contributed by atoms with Gasteiger partial charge in [-0.15, -0.1) is 0 Å². The van der Waals surface area contributed by atoms with Crippen LogP contribution in [0.25, 0.3) is 11.2 Å². The summed E-state index contributed by atoms with van der Waals surface area (Å²) in [6, 6.07) is 0. The van der Waals surface area contributed by atoms with Gasteiger partial charge in [-0.3, -0.25) is 32.5 Å². The third-order valence-corrected chi connectivity index (χ3v) is 12.9. The summed E-state index contributed by atoms with van der Waals surface area (Å²) >= 11 is 1.12. The molecule has 346 valence electrons. The van der Waals surface area contributed by atoms with Gasteiger partial charge >= 0.3 is 23.5 Å². The molecule has 0 aliphatic carbocycles. The van der Waals surface area contributed by atoms with Crippen LogP contribution in [0.3, 0.4) is 0 Å². The molecule has 2 amide bonds. The van der Waals surface area contributed by atoms with E-state index >= 15 is 0 Å². The number of aliphatic hydroxyl groups excluding tert-OH is 2.